The van der Waals surface area contributed by atoms with E-state index in [2.05, 4.69) is 0 Å². The quantitative estimate of drug-likeness (QED) is 0.504. The van der Waals surface area contributed by atoms with Crippen LogP contribution in [0.4, 0.5) is 0 Å². The van der Waals surface area contributed by atoms with Gasteiger partial charge in [-0.05, 0) is 0 Å². The maximum Gasteiger partial charge on any atom is 0 e. The van der Waals surface area contributed by atoms with Crippen molar-refractivity contribution in [3.8, 4) is 0 Å². The molecule has 0 aromatic rings. The predicted octanol–water partition coefficient (Wildman–Crippen LogP) is -0.0100. The first kappa shape index (κ1) is 30.3. The number of hydrogen-bond donors (Lipinski definition) is 0. The van der Waals surface area contributed by atoms with Crippen LogP contribution in [0.2, 0.25) is 0 Å². The molecule has 0 heterocycles. The fraction of sp³-hybridized carbons (Fsp3) is 0. The first-order valence-electron chi connectivity index (χ1n) is 0. The Morgan fingerprint density at radius 1 is 1.00 bits per heavy atom. The van der Waals surface area contributed by atoms with Crippen LogP contribution in [-0.2, 0) is 81.7 Å². The monoisotopic (exact) mass is 397 g/mol. The van der Waals surface area contributed by atoms with E-state index >= 15 is 0 Å². The molecule has 0 unspecified atom stereocenters. The molecular formula is AgNiTiW. The van der Waals surface area contributed by atoms with E-state index < -0.39 is 0 Å². The summed E-state index contributed by atoms with van der Waals surface area (Å²) < 4.78 is 0. The van der Waals surface area contributed by atoms with Crippen molar-refractivity contribution >= 4 is 0 Å². The van der Waals surface area contributed by atoms with E-state index in [4.69, 9.17) is 0 Å². The van der Waals surface area contributed by atoms with Crippen LogP contribution in [0.15, 0.2) is 0 Å². The van der Waals surface area contributed by atoms with Gasteiger partial charge in [-0.3, -0.25) is 0 Å². The van der Waals surface area contributed by atoms with E-state index in [0.717, 1.165) is 0 Å². The Balaban J connectivity index is 0. The van der Waals surface area contributed by atoms with Crippen LogP contribution in [-0.4, -0.2) is 0 Å². The summed E-state index contributed by atoms with van der Waals surface area (Å²) >= 11 is 0. The predicted molar refractivity (Wildman–Crippen MR) is 0 cm³/mol. The molecular weight excluding hydrogens is 398 g/mol. The van der Waals surface area contributed by atoms with Gasteiger partial charge in [-0.15, -0.1) is 0 Å². The molecule has 31 valence electrons. The third kappa shape index (κ3) is 8.82. The minimum atomic E-state index is 0. The minimum Gasteiger partial charge on any atom is 0 e. The topological polar surface area (TPSA) is 0 Å². The Bertz CT molecular complexity index is 8.00. The van der Waals surface area contributed by atoms with Crippen molar-refractivity contribution < 1.29 is 81.7 Å². The van der Waals surface area contributed by atoms with Gasteiger partial charge in [0.2, 0.25) is 0 Å². The van der Waals surface area contributed by atoms with E-state index in [1.807, 2.05) is 0 Å². The molecule has 0 saturated heterocycles. The molecule has 0 nitrogen and oxygen atoms in total. The zero-order chi connectivity index (χ0) is 0. The molecule has 4 heavy (non-hydrogen) atoms. The number of rotatable bonds is 0. The Morgan fingerprint density at radius 3 is 1.00 bits per heavy atom. The van der Waals surface area contributed by atoms with E-state index in [-0.39, 0.29) is 81.7 Å². The maximum atomic E-state index is 0. The first-order valence-corrected chi connectivity index (χ1v) is 0. The van der Waals surface area contributed by atoms with Gasteiger partial charge in [0.15, 0.2) is 0 Å². The largest absolute Gasteiger partial charge is 0 e. The van der Waals surface area contributed by atoms with E-state index in [0.29, 0.717) is 0 Å². The standard InChI is InChI=1S/Ag.Ni.Ti.W. The van der Waals surface area contributed by atoms with Crippen molar-refractivity contribution in [1.82, 2.24) is 0 Å². The Hall–Kier alpha value is 2.64. The van der Waals surface area contributed by atoms with Gasteiger partial charge in [0.1, 0.15) is 0 Å². The van der Waals surface area contributed by atoms with Gasteiger partial charge in [-0.2, -0.15) is 0 Å². The van der Waals surface area contributed by atoms with Gasteiger partial charge in [0.05, 0.1) is 0 Å². The summed E-state index contributed by atoms with van der Waals surface area (Å²) in [5, 5.41) is 0. The minimum absolute atomic E-state index is 0. The van der Waals surface area contributed by atoms with Crippen LogP contribution in [0.1, 0.15) is 0 Å². The zero-order valence-corrected chi connectivity index (χ0v) is 8.49. The Labute approximate surface area is 80.4 Å². The molecule has 0 amide bonds. The Morgan fingerprint density at radius 2 is 1.00 bits per heavy atom. The van der Waals surface area contributed by atoms with E-state index in [9.17, 15) is 0 Å². The SMILES string of the molecule is [Ag].[Ni].[Ti].[W]. The second-order valence-corrected chi connectivity index (χ2v) is 0. The average Bonchev–Trinajstić information content (AvgIpc) is 0. The van der Waals surface area contributed by atoms with Gasteiger partial charge in [0.25, 0.3) is 0 Å². The van der Waals surface area contributed by atoms with Crippen molar-refractivity contribution in [3.63, 3.8) is 0 Å². The van der Waals surface area contributed by atoms with Gasteiger partial charge in [-0.1, -0.05) is 0 Å². The summed E-state index contributed by atoms with van der Waals surface area (Å²) in [6, 6.07) is 0. The molecule has 0 atom stereocenters. The summed E-state index contributed by atoms with van der Waals surface area (Å²) in [4.78, 5) is 0. The van der Waals surface area contributed by atoms with E-state index in [1.54, 1.807) is 0 Å². The summed E-state index contributed by atoms with van der Waals surface area (Å²) in [6.45, 7) is 0. The van der Waals surface area contributed by atoms with Gasteiger partial charge in [0, 0.05) is 81.7 Å². The average molecular weight is 398 g/mol. The second kappa shape index (κ2) is 17.4. The molecule has 0 bridgehead atoms. The fourth-order valence-corrected chi connectivity index (χ4v) is 0. The molecule has 0 aliphatic heterocycles. The molecule has 0 saturated carbocycles. The third-order valence-electron chi connectivity index (χ3n) is 0. The fourth-order valence-electron chi connectivity index (χ4n) is 0. The van der Waals surface area contributed by atoms with Crippen LogP contribution in [0, 0.1) is 0 Å². The van der Waals surface area contributed by atoms with Crippen molar-refractivity contribution in [2.45, 2.75) is 0 Å². The van der Waals surface area contributed by atoms with Crippen LogP contribution in [0.3, 0.4) is 0 Å². The van der Waals surface area contributed by atoms with Crippen molar-refractivity contribution in [2.75, 3.05) is 0 Å². The summed E-state index contributed by atoms with van der Waals surface area (Å²) in [5.41, 5.74) is 0. The van der Waals surface area contributed by atoms with Gasteiger partial charge >= 0.3 is 0 Å². The van der Waals surface area contributed by atoms with Crippen LogP contribution in [0.25, 0.3) is 0 Å². The normalized spacial score (nSPS) is 0. The summed E-state index contributed by atoms with van der Waals surface area (Å²) in [7, 11) is 0. The van der Waals surface area contributed by atoms with Gasteiger partial charge < -0.3 is 0 Å². The molecule has 4 heteroatoms. The summed E-state index contributed by atoms with van der Waals surface area (Å²) in [6.07, 6.45) is 0. The van der Waals surface area contributed by atoms with Crippen LogP contribution in [0.5, 0.6) is 0 Å². The first-order chi connectivity index (χ1) is 0. The molecule has 0 fully saturated rings. The number of hydrogen-bond acceptors (Lipinski definition) is 0. The molecule has 0 aromatic carbocycles. The third-order valence-corrected chi connectivity index (χ3v) is 0. The summed E-state index contributed by atoms with van der Waals surface area (Å²) in [5.74, 6) is 0. The van der Waals surface area contributed by atoms with Crippen molar-refractivity contribution in [3.05, 3.63) is 0 Å². The van der Waals surface area contributed by atoms with Gasteiger partial charge in [-0.25, -0.2) is 0 Å². The zero-order valence-electron chi connectivity index (χ0n) is 1.53. The molecule has 0 aromatic heterocycles. The molecule has 0 spiro atoms. The Kier molecular flexibility index (Phi) is 132. The smallest absolute Gasteiger partial charge is 0 e. The second-order valence-electron chi connectivity index (χ2n) is 0. The molecule has 0 N–H and O–H groups in total. The molecule has 0 aliphatic rings. The molecule has 0 aliphatic carbocycles. The van der Waals surface area contributed by atoms with Crippen LogP contribution < -0.4 is 0 Å². The molecule has 0 rings (SSSR count). The molecule has 1 radical (unpaired) electrons. The van der Waals surface area contributed by atoms with Crippen molar-refractivity contribution in [2.24, 2.45) is 0 Å². The van der Waals surface area contributed by atoms with E-state index in [1.165, 1.54) is 0 Å². The van der Waals surface area contributed by atoms with Crippen LogP contribution >= 0.6 is 0 Å². The van der Waals surface area contributed by atoms with Crippen molar-refractivity contribution in [1.29, 1.82) is 0 Å². The maximum absolute atomic E-state index is 0.